The van der Waals surface area contributed by atoms with Crippen molar-refractivity contribution in [3.05, 3.63) is 37.2 Å². The van der Waals surface area contributed by atoms with Gasteiger partial charge < -0.3 is 15.4 Å². The zero-order chi connectivity index (χ0) is 27.7. The molecule has 0 spiro atoms. The van der Waals surface area contributed by atoms with E-state index in [9.17, 15) is 28.1 Å². The van der Waals surface area contributed by atoms with Gasteiger partial charge in [0, 0.05) is 25.4 Å². The number of aromatic nitrogens is 4. The predicted octanol–water partition coefficient (Wildman–Crippen LogP) is 6.19. The van der Waals surface area contributed by atoms with Gasteiger partial charge >= 0.3 is 12.0 Å². The molecule has 14 heteroatoms. The van der Waals surface area contributed by atoms with Gasteiger partial charge in [-0.25, -0.2) is 0 Å². The molecule has 7 rings (SSSR count). The van der Waals surface area contributed by atoms with Crippen LogP contribution in [0, 0.1) is 27.4 Å². The molecule has 5 saturated carbocycles. The number of nitrogens with zero attached hydrogens (tertiary/aromatic N) is 5. The lowest BCUT2D eigenvalue weighted by Crippen LogP contribution is -2.57. The molecule has 5 aliphatic rings. The van der Waals surface area contributed by atoms with Crippen LogP contribution in [0.5, 0.6) is 0 Å². The van der Waals surface area contributed by atoms with E-state index in [-0.39, 0.29) is 40.2 Å². The Bertz CT molecular complexity index is 1310. The van der Waals surface area contributed by atoms with E-state index < -0.39 is 16.8 Å². The average Bonchev–Trinajstić information content (AvgIpc) is 3.47. The summed E-state index contributed by atoms with van der Waals surface area (Å²) in [5, 5.41) is 22.1. The molecule has 2 atom stereocenters. The molecule has 0 aromatic carbocycles. The lowest BCUT2D eigenvalue weighted by Gasteiger charge is -2.61. The van der Waals surface area contributed by atoms with Crippen molar-refractivity contribution in [3.63, 3.8) is 0 Å². The van der Waals surface area contributed by atoms with Gasteiger partial charge in [0.15, 0.2) is 5.69 Å². The third-order valence-electron chi connectivity index (χ3n) is 9.03. The van der Waals surface area contributed by atoms with Gasteiger partial charge in [-0.3, -0.25) is 9.48 Å². The molecule has 5 fully saturated rings. The number of rotatable bonds is 9. The summed E-state index contributed by atoms with van der Waals surface area (Å²) >= 11 is 9.33. The second-order valence-electron chi connectivity index (χ2n) is 12.1. The minimum atomic E-state index is -4.60. The van der Waals surface area contributed by atoms with Crippen molar-refractivity contribution in [1.82, 2.24) is 24.9 Å². The number of amides is 1. The number of aryl methyl sites for hydroxylation is 1. The first-order chi connectivity index (χ1) is 18.4. The Labute approximate surface area is 236 Å². The summed E-state index contributed by atoms with van der Waals surface area (Å²) in [5.41, 5.74) is -1.10. The molecule has 2 unspecified atom stereocenters. The highest BCUT2D eigenvalue weighted by Crippen LogP contribution is 2.65. The number of hydrogen-bond acceptors (Lipinski definition) is 5. The van der Waals surface area contributed by atoms with Gasteiger partial charge in [-0.15, -0.1) is 0 Å². The molecule has 2 aromatic heterocycles. The van der Waals surface area contributed by atoms with Gasteiger partial charge in [0.1, 0.15) is 4.47 Å². The van der Waals surface area contributed by atoms with Crippen LogP contribution in [-0.2, 0) is 23.1 Å². The largest absolute Gasteiger partial charge is 0.436 e. The van der Waals surface area contributed by atoms with Crippen molar-refractivity contribution in [2.24, 2.45) is 17.3 Å². The monoisotopic (exact) mass is 632 g/mol. The van der Waals surface area contributed by atoms with E-state index in [0.717, 1.165) is 51.4 Å². The maximum Gasteiger partial charge on any atom is 0.436 e. The van der Waals surface area contributed by atoms with Gasteiger partial charge in [0.25, 0.3) is 0 Å². The van der Waals surface area contributed by atoms with E-state index in [1.807, 2.05) is 0 Å². The Balaban J connectivity index is 1.09. The van der Waals surface area contributed by atoms with Crippen molar-refractivity contribution in [3.8, 4) is 0 Å². The number of hydrogen-bond donors (Lipinski definition) is 1. The minimum Gasteiger partial charge on any atom is -0.358 e. The van der Waals surface area contributed by atoms with Crippen molar-refractivity contribution in [2.75, 3.05) is 6.54 Å². The van der Waals surface area contributed by atoms with Crippen LogP contribution in [0.1, 0.15) is 81.5 Å². The second kappa shape index (κ2) is 9.46. The number of alkyl halides is 3. The lowest BCUT2D eigenvalue weighted by atomic mass is 9.46. The van der Waals surface area contributed by atoms with Crippen LogP contribution in [-0.4, -0.2) is 36.9 Å². The van der Waals surface area contributed by atoms with Crippen LogP contribution in [0.2, 0.25) is 5.02 Å². The first-order valence-corrected chi connectivity index (χ1v) is 14.6. The Morgan fingerprint density at radius 3 is 2.51 bits per heavy atom. The molecule has 1 N–H and O–H groups in total. The van der Waals surface area contributed by atoms with Crippen molar-refractivity contribution in [1.29, 1.82) is 0 Å². The maximum absolute atomic E-state index is 13.3. The maximum atomic E-state index is 13.3. The molecule has 2 heterocycles. The van der Waals surface area contributed by atoms with Crippen LogP contribution in [0.4, 0.5) is 19.0 Å². The normalized spacial score (nSPS) is 29.7. The number of nitrogens with one attached hydrogen (secondary N) is 1. The van der Waals surface area contributed by atoms with Crippen LogP contribution in [0.3, 0.4) is 0 Å². The molecule has 0 radical (unpaired) electrons. The summed E-state index contributed by atoms with van der Waals surface area (Å²) < 4.78 is 43.4. The van der Waals surface area contributed by atoms with Crippen LogP contribution >= 0.6 is 27.5 Å². The molecule has 9 nitrogen and oxygen atoms in total. The molecular weight excluding hydrogens is 605 g/mol. The first kappa shape index (κ1) is 27.0. The van der Waals surface area contributed by atoms with E-state index >= 15 is 0 Å². The third kappa shape index (κ3) is 4.98. The summed E-state index contributed by atoms with van der Waals surface area (Å²) in [7, 11) is 0. The van der Waals surface area contributed by atoms with E-state index in [1.165, 1.54) is 4.68 Å². The zero-order valence-corrected chi connectivity index (χ0v) is 23.5. The molecule has 39 heavy (non-hydrogen) atoms. The number of nitro groups is 1. The quantitative estimate of drug-likeness (QED) is 0.201. The highest BCUT2D eigenvalue weighted by molar-refractivity contribution is 9.10. The topological polar surface area (TPSA) is 108 Å². The van der Waals surface area contributed by atoms with Crippen molar-refractivity contribution >= 4 is 39.3 Å². The second-order valence-corrected chi connectivity index (χ2v) is 13.3. The van der Waals surface area contributed by atoms with E-state index in [4.69, 9.17) is 11.6 Å². The summed E-state index contributed by atoms with van der Waals surface area (Å²) in [6.45, 7) is 0.571. The Morgan fingerprint density at radius 2 is 1.92 bits per heavy atom. The predicted molar refractivity (Wildman–Crippen MR) is 138 cm³/mol. The number of carbonyl (C=O) groups excluding carboxylic acids is 1. The van der Waals surface area contributed by atoms with Gasteiger partial charge in [0.2, 0.25) is 5.91 Å². The Kier molecular flexibility index (Phi) is 6.56. The lowest BCUT2D eigenvalue weighted by molar-refractivity contribution is -0.390. The fraction of sp³-hybridized carbons (Fsp3) is 0.720. The number of carbonyl (C=O) groups is 1. The van der Waals surface area contributed by atoms with Gasteiger partial charge in [-0.05, 0) is 95.9 Å². The average molecular weight is 634 g/mol. The summed E-state index contributed by atoms with van der Waals surface area (Å²) in [6.07, 6.45) is 5.11. The minimum absolute atomic E-state index is 0.0101. The molecule has 2 aromatic rings. The molecule has 0 aliphatic heterocycles. The van der Waals surface area contributed by atoms with Gasteiger partial charge in [0.05, 0.1) is 27.6 Å². The van der Waals surface area contributed by atoms with E-state index in [2.05, 4.69) is 31.4 Å². The van der Waals surface area contributed by atoms with Gasteiger partial charge in [-0.1, -0.05) is 11.6 Å². The molecule has 0 saturated heterocycles. The molecule has 4 bridgehead atoms. The van der Waals surface area contributed by atoms with Crippen LogP contribution in [0.15, 0.2) is 10.7 Å². The van der Waals surface area contributed by atoms with Crippen LogP contribution < -0.4 is 5.32 Å². The van der Waals surface area contributed by atoms with E-state index in [1.54, 1.807) is 10.9 Å². The van der Waals surface area contributed by atoms with Crippen LogP contribution in [0.25, 0.3) is 0 Å². The Morgan fingerprint density at radius 1 is 1.23 bits per heavy atom. The van der Waals surface area contributed by atoms with Crippen molar-refractivity contribution in [2.45, 2.75) is 88.4 Å². The zero-order valence-electron chi connectivity index (χ0n) is 21.1. The summed E-state index contributed by atoms with van der Waals surface area (Å²) in [6, 6.07) is 0. The van der Waals surface area contributed by atoms with Crippen molar-refractivity contribution < 1.29 is 22.9 Å². The number of halogens is 5. The van der Waals surface area contributed by atoms with Gasteiger partial charge in [-0.2, -0.15) is 23.0 Å². The smallest absolute Gasteiger partial charge is 0.358 e. The third-order valence-corrected chi connectivity index (χ3v) is 9.96. The molecule has 212 valence electrons. The summed E-state index contributed by atoms with van der Waals surface area (Å²) in [5.74, 6) is 0.652. The first-order valence-electron chi connectivity index (χ1n) is 13.4. The molecular formula is C25H29BrClF3N6O3. The summed E-state index contributed by atoms with van der Waals surface area (Å²) in [4.78, 5) is 24.0. The molecule has 5 aliphatic carbocycles. The standard InChI is InChI=1S/C25H29BrClF3N6O3/c26-17-12-35(33-22(17)36(38)39)24-9-14-6-15(10-24)8-23(7-14,13-24)11-18(37)31-4-1-5-34-20(16-2-3-16)19(27)21(32-34)25(28,29)30/h12,14-16H,1-11,13H2,(H,31,37). The highest BCUT2D eigenvalue weighted by Gasteiger charge is 2.60. The molecule has 1 amide bonds. The SMILES string of the molecule is O=C(CC12CC3CC(C1)CC(n1cc(Br)c([N+](=O)[O-])n1)(C3)C2)NCCCn1nc(C(F)(F)F)c(Cl)c1C1CC1. The fourth-order valence-electron chi connectivity index (χ4n) is 8.00. The van der Waals surface area contributed by atoms with E-state index in [0.29, 0.717) is 41.4 Å². The highest BCUT2D eigenvalue weighted by atomic mass is 79.9. The Hall–Kier alpha value is -2.15. The fourth-order valence-corrected chi connectivity index (χ4v) is 8.81.